The van der Waals surface area contributed by atoms with Crippen molar-refractivity contribution in [1.82, 2.24) is 0 Å². The third-order valence-electron chi connectivity index (χ3n) is 2.53. The van der Waals surface area contributed by atoms with Gasteiger partial charge in [0.05, 0.1) is 9.95 Å². The Morgan fingerprint density at radius 1 is 1.19 bits per heavy atom. The van der Waals surface area contributed by atoms with Crippen LogP contribution in [0.1, 0.15) is 10.4 Å². The van der Waals surface area contributed by atoms with Gasteiger partial charge in [-0.15, -0.1) is 0 Å². The van der Waals surface area contributed by atoms with E-state index in [9.17, 15) is 14.9 Å². The average Bonchev–Trinajstić information content (AvgIpc) is 2.42. The molecule has 0 aliphatic carbocycles. The molecule has 0 aliphatic heterocycles. The first-order valence-corrected chi connectivity index (χ1v) is 7.13. The normalized spacial score (nSPS) is 10.2. The SMILES string of the molecule is O=C(Nc1ccc(Cl)c(Br)c1)c1cc(Cl)cc([N+](=O)[O-])c1. The van der Waals surface area contributed by atoms with Crippen LogP contribution >= 0.6 is 39.1 Å². The van der Waals surface area contributed by atoms with E-state index in [0.29, 0.717) is 15.2 Å². The molecular formula is C13H7BrCl2N2O3. The molecule has 0 aliphatic rings. The van der Waals surface area contributed by atoms with Crippen LogP contribution in [0, 0.1) is 10.1 Å². The van der Waals surface area contributed by atoms with E-state index >= 15 is 0 Å². The van der Waals surface area contributed by atoms with Gasteiger partial charge in [0.25, 0.3) is 11.6 Å². The molecule has 0 bridgehead atoms. The van der Waals surface area contributed by atoms with Gasteiger partial charge in [0, 0.05) is 32.9 Å². The van der Waals surface area contributed by atoms with Gasteiger partial charge in [0.1, 0.15) is 0 Å². The molecule has 0 heterocycles. The first-order valence-electron chi connectivity index (χ1n) is 5.58. The fourth-order valence-corrected chi connectivity index (χ4v) is 2.31. The fourth-order valence-electron chi connectivity index (χ4n) is 1.59. The molecule has 0 saturated heterocycles. The van der Waals surface area contributed by atoms with E-state index in [1.165, 1.54) is 12.1 Å². The quantitative estimate of drug-likeness (QED) is 0.598. The highest BCUT2D eigenvalue weighted by Gasteiger charge is 2.14. The smallest absolute Gasteiger partial charge is 0.271 e. The summed E-state index contributed by atoms with van der Waals surface area (Å²) in [5.74, 6) is -0.505. The highest BCUT2D eigenvalue weighted by atomic mass is 79.9. The number of nitrogens with zero attached hydrogens (tertiary/aromatic N) is 1. The average molecular weight is 390 g/mol. The Labute approximate surface area is 138 Å². The van der Waals surface area contributed by atoms with Gasteiger partial charge in [-0.1, -0.05) is 23.2 Å². The van der Waals surface area contributed by atoms with Crippen molar-refractivity contribution >= 4 is 56.4 Å². The predicted molar refractivity (Wildman–Crippen MR) is 85.2 cm³/mol. The van der Waals surface area contributed by atoms with Crippen molar-refractivity contribution in [3.05, 3.63) is 66.6 Å². The molecule has 0 fully saturated rings. The third-order valence-corrected chi connectivity index (χ3v) is 3.97. The fraction of sp³-hybridized carbons (Fsp3) is 0. The maximum absolute atomic E-state index is 12.1. The summed E-state index contributed by atoms with van der Waals surface area (Å²) in [5.41, 5.74) is 0.351. The Kier molecular flexibility index (Phi) is 4.82. The molecule has 8 heteroatoms. The molecule has 2 rings (SSSR count). The summed E-state index contributed by atoms with van der Waals surface area (Å²) in [7, 11) is 0. The maximum Gasteiger partial charge on any atom is 0.271 e. The second-order valence-corrected chi connectivity index (χ2v) is 5.74. The molecule has 1 N–H and O–H groups in total. The summed E-state index contributed by atoms with van der Waals surface area (Å²) in [5, 5.41) is 14.0. The van der Waals surface area contributed by atoms with Crippen LogP contribution < -0.4 is 5.32 Å². The number of carbonyl (C=O) groups excluding carboxylic acids is 1. The van der Waals surface area contributed by atoms with Gasteiger partial charge in [-0.25, -0.2) is 0 Å². The molecule has 5 nitrogen and oxygen atoms in total. The zero-order valence-electron chi connectivity index (χ0n) is 10.3. The molecule has 0 radical (unpaired) electrons. The predicted octanol–water partition coefficient (Wildman–Crippen LogP) is 4.92. The molecule has 0 saturated carbocycles. The van der Waals surface area contributed by atoms with E-state index in [2.05, 4.69) is 21.2 Å². The standard InChI is InChI=1S/C13H7BrCl2N2O3/c14-11-6-9(1-2-12(11)16)17-13(19)7-3-8(15)5-10(4-7)18(20)21/h1-6H,(H,17,19). The van der Waals surface area contributed by atoms with E-state index in [4.69, 9.17) is 23.2 Å². The Morgan fingerprint density at radius 3 is 2.52 bits per heavy atom. The topological polar surface area (TPSA) is 72.2 Å². The maximum atomic E-state index is 12.1. The largest absolute Gasteiger partial charge is 0.322 e. The molecule has 0 aromatic heterocycles. The Hall–Kier alpha value is -1.63. The van der Waals surface area contributed by atoms with Crippen molar-refractivity contribution in [2.45, 2.75) is 0 Å². The number of nitro groups is 1. The summed E-state index contributed by atoms with van der Waals surface area (Å²) in [6.07, 6.45) is 0. The lowest BCUT2D eigenvalue weighted by Crippen LogP contribution is -2.12. The van der Waals surface area contributed by atoms with E-state index in [0.717, 1.165) is 6.07 Å². The third kappa shape index (κ3) is 3.93. The van der Waals surface area contributed by atoms with Crippen LogP contribution in [-0.4, -0.2) is 10.8 Å². The zero-order chi connectivity index (χ0) is 15.6. The van der Waals surface area contributed by atoms with Crippen LogP contribution in [0.4, 0.5) is 11.4 Å². The van der Waals surface area contributed by atoms with Gasteiger partial charge in [-0.05, 0) is 40.2 Å². The molecule has 0 spiro atoms. The van der Waals surface area contributed by atoms with Crippen molar-refractivity contribution in [1.29, 1.82) is 0 Å². The van der Waals surface area contributed by atoms with E-state index in [1.54, 1.807) is 18.2 Å². The molecule has 108 valence electrons. The summed E-state index contributed by atoms with van der Waals surface area (Å²) in [4.78, 5) is 22.2. The number of amides is 1. The number of hydrogen-bond acceptors (Lipinski definition) is 3. The first-order chi connectivity index (χ1) is 9.86. The van der Waals surface area contributed by atoms with Crippen molar-refractivity contribution in [2.24, 2.45) is 0 Å². The number of non-ortho nitro benzene ring substituents is 1. The van der Waals surface area contributed by atoms with E-state index in [1.807, 2.05) is 0 Å². The molecular weight excluding hydrogens is 383 g/mol. The van der Waals surface area contributed by atoms with Gasteiger partial charge in [-0.2, -0.15) is 0 Å². The van der Waals surface area contributed by atoms with Crippen LogP contribution in [0.3, 0.4) is 0 Å². The van der Waals surface area contributed by atoms with Crippen LogP contribution in [0.2, 0.25) is 10.0 Å². The Bertz CT molecular complexity index is 737. The van der Waals surface area contributed by atoms with Gasteiger partial charge in [0.2, 0.25) is 0 Å². The van der Waals surface area contributed by atoms with Crippen LogP contribution in [0.15, 0.2) is 40.9 Å². The Morgan fingerprint density at radius 2 is 1.90 bits per heavy atom. The van der Waals surface area contributed by atoms with Crippen molar-refractivity contribution in [2.75, 3.05) is 5.32 Å². The van der Waals surface area contributed by atoms with Crippen molar-refractivity contribution in [3.8, 4) is 0 Å². The number of benzene rings is 2. The number of nitrogens with one attached hydrogen (secondary N) is 1. The van der Waals surface area contributed by atoms with Gasteiger partial charge >= 0.3 is 0 Å². The first kappa shape index (κ1) is 15.8. The number of carbonyl (C=O) groups is 1. The molecule has 2 aromatic carbocycles. The monoisotopic (exact) mass is 388 g/mol. The second kappa shape index (κ2) is 6.43. The Balaban J connectivity index is 2.27. The summed E-state index contributed by atoms with van der Waals surface area (Å²) < 4.78 is 0.624. The highest BCUT2D eigenvalue weighted by molar-refractivity contribution is 9.10. The van der Waals surface area contributed by atoms with Crippen LogP contribution in [0.5, 0.6) is 0 Å². The number of nitro benzene ring substituents is 1. The number of rotatable bonds is 3. The molecule has 21 heavy (non-hydrogen) atoms. The second-order valence-electron chi connectivity index (χ2n) is 4.04. The lowest BCUT2D eigenvalue weighted by atomic mass is 10.2. The minimum Gasteiger partial charge on any atom is -0.322 e. The molecule has 2 aromatic rings. The van der Waals surface area contributed by atoms with Crippen molar-refractivity contribution in [3.63, 3.8) is 0 Å². The highest BCUT2D eigenvalue weighted by Crippen LogP contribution is 2.26. The molecule has 0 atom stereocenters. The van der Waals surface area contributed by atoms with Crippen LogP contribution in [0.25, 0.3) is 0 Å². The zero-order valence-corrected chi connectivity index (χ0v) is 13.4. The minimum atomic E-state index is -0.610. The minimum absolute atomic E-state index is 0.0975. The molecule has 1 amide bonds. The number of anilines is 1. The van der Waals surface area contributed by atoms with Gasteiger partial charge in [-0.3, -0.25) is 14.9 Å². The van der Waals surface area contributed by atoms with Crippen LogP contribution in [-0.2, 0) is 0 Å². The lowest BCUT2D eigenvalue weighted by Gasteiger charge is -2.07. The summed E-state index contributed by atoms with van der Waals surface area (Å²) in [6, 6.07) is 8.54. The summed E-state index contributed by atoms with van der Waals surface area (Å²) in [6.45, 7) is 0. The number of hydrogen-bond donors (Lipinski definition) is 1. The van der Waals surface area contributed by atoms with Gasteiger partial charge < -0.3 is 5.32 Å². The van der Waals surface area contributed by atoms with E-state index < -0.39 is 10.8 Å². The number of halogens is 3. The van der Waals surface area contributed by atoms with Gasteiger partial charge in [0.15, 0.2) is 0 Å². The molecule has 0 unspecified atom stereocenters. The lowest BCUT2D eigenvalue weighted by molar-refractivity contribution is -0.384. The van der Waals surface area contributed by atoms with E-state index in [-0.39, 0.29) is 16.3 Å². The summed E-state index contributed by atoms with van der Waals surface area (Å²) >= 11 is 14.9. The van der Waals surface area contributed by atoms with Crippen molar-refractivity contribution < 1.29 is 9.72 Å².